The summed E-state index contributed by atoms with van der Waals surface area (Å²) in [6.45, 7) is 3.63. The SMILES string of the molecule is CC(NCC(O)COCC1CCCO1)c1ccc(F)c(F)c1. The molecule has 1 aliphatic heterocycles. The van der Waals surface area contributed by atoms with Gasteiger partial charge in [-0.25, -0.2) is 8.78 Å². The van der Waals surface area contributed by atoms with Gasteiger partial charge in [-0.05, 0) is 37.5 Å². The Morgan fingerprint density at radius 2 is 2.23 bits per heavy atom. The lowest BCUT2D eigenvalue weighted by molar-refractivity contribution is -0.0168. The summed E-state index contributed by atoms with van der Waals surface area (Å²) in [5.74, 6) is -1.73. The molecule has 22 heavy (non-hydrogen) atoms. The Bertz CT molecular complexity index is 467. The van der Waals surface area contributed by atoms with E-state index in [1.165, 1.54) is 6.07 Å². The number of aliphatic hydroxyl groups excluding tert-OH is 1. The van der Waals surface area contributed by atoms with Crippen LogP contribution in [0.3, 0.4) is 0 Å². The van der Waals surface area contributed by atoms with Crippen LogP contribution in [0.1, 0.15) is 31.4 Å². The van der Waals surface area contributed by atoms with Crippen molar-refractivity contribution in [3.8, 4) is 0 Å². The normalized spacial score (nSPS) is 21.0. The van der Waals surface area contributed by atoms with Crippen LogP contribution in [-0.4, -0.2) is 43.7 Å². The number of aliphatic hydroxyl groups is 1. The van der Waals surface area contributed by atoms with Gasteiger partial charge in [0.2, 0.25) is 0 Å². The van der Waals surface area contributed by atoms with Gasteiger partial charge < -0.3 is 19.9 Å². The van der Waals surface area contributed by atoms with Crippen molar-refractivity contribution < 1.29 is 23.4 Å². The van der Waals surface area contributed by atoms with Gasteiger partial charge >= 0.3 is 0 Å². The van der Waals surface area contributed by atoms with Crippen molar-refractivity contribution in [3.63, 3.8) is 0 Å². The first-order valence-electron chi connectivity index (χ1n) is 7.62. The lowest BCUT2D eigenvalue weighted by Crippen LogP contribution is -2.33. The number of hydrogen-bond donors (Lipinski definition) is 2. The van der Waals surface area contributed by atoms with Crippen molar-refractivity contribution in [1.82, 2.24) is 5.32 Å². The first kappa shape index (κ1) is 17.3. The quantitative estimate of drug-likeness (QED) is 0.772. The van der Waals surface area contributed by atoms with Crippen LogP contribution in [0, 0.1) is 11.6 Å². The van der Waals surface area contributed by atoms with Crippen LogP contribution < -0.4 is 5.32 Å². The molecule has 6 heteroatoms. The van der Waals surface area contributed by atoms with E-state index in [2.05, 4.69) is 5.32 Å². The van der Waals surface area contributed by atoms with E-state index in [1.807, 2.05) is 6.92 Å². The summed E-state index contributed by atoms with van der Waals surface area (Å²) in [6.07, 6.45) is 1.54. The van der Waals surface area contributed by atoms with E-state index in [1.54, 1.807) is 0 Å². The second-order valence-electron chi connectivity index (χ2n) is 5.63. The lowest BCUT2D eigenvalue weighted by Gasteiger charge is -2.18. The van der Waals surface area contributed by atoms with E-state index in [4.69, 9.17) is 9.47 Å². The Hall–Kier alpha value is -1.08. The highest BCUT2D eigenvalue weighted by Gasteiger charge is 2.16. The zero-order valence-corrected chi connectivity index (χ0v) is 12.7. The van der Waals surface area contributed by atoms with Crippen LogP contribution in [0.15, 0.2) is 18.2 Å². The Morgan fingerprint density at radius 3 is 2.91 bits per heavy atom. The average Bonchev–Trinajstić information content (AvgIpc) is 3.01. The van der Waals surface area contributed by atoms with Crippen LogP contribution in [0.2, 0.25) is 0 Å². The molecule has 0 bridgehead atoms. The van der Waals surface area contributed by atoms with Crippen molar-refractivity contribution in [1.29, 1.82) is 0 Å². The maximum atomic E-state index is 13.2. The third-order valence-corrected chi connectivity index (χ3v) is 3.74. The highest BCUT2D eigenvalue weighted by molar-refractivity contribution is 5.20. The molecule has 2 N–H and O–H groups in total. The number of benzene rings is 1. The Balaban J connectivity index is 1.66. The van der Waals surface area contributed by atoms with Gasteiger partial charge in [0.15, 0.2) is 11.6 Å². The summed E-state index contributed by atoms with van der Waals surface area (Å²) in [7, 11) is 0. The van der Waals surface area contributed by atoms with E-state index in [9.17, 15) is 13.9 Å². The van der Waals surface area contributed by atoms with E-state index >= 15 is 0 Å². The Labute approximate surface area is 129 Å². The van der Waals surface area contributed by atoms with E-state index in [0.29, 0.717) is 18.7 Å². The van der Waals surface area contributed by atoms with Crippen LogP contribution in [-0.2, 0) is 9.47 Å². The molecule has 3 atom stereocenters. The van der Waals surface area contributed by atoms with E-state index in [0.717, 1.165) is 31.6 Å². The lowest BCUT2D eigenvalue weighted by atomic mass is 10.1. The van der Waals surface area contributed by atoms with Gasteiger partial charge in [0, 0.05) is 19.2 Å². The minimum absolute atomic E-state index is 0.140. The first-order valence-corrected chi connectivity index (χ1v) is 7.62. The van der Waals surface area contributed by atoms with E-state index in [-0.39, 0.29) is 18.8 Å². The van der Waals surface area contributed by atoms with Gasteiger partial charge in [0.25, 0.3) is 0 Å². The second kappa shape index (κ2) is 8.53. The topological polar surface area (TPSA) is 50.7 Å². The van der Waals surface area contributed by atoms with Gasteiger partial charge in [-0.15, -0.1) is 0 Å². The molecule has 1 aromatic carbocycles. The molecular formula is C16H23F2NO3. The molecule has 0 amide bonds. The number of rotatable bonds is 8. The monoisotopic (exact) mass is 315 g/mol. The smallest absolute Gasteiger partial charge is 0.159 e. The number of hydrogen-bond acceptors (Lipinski definition) is 4. The number of halogens is 2. The molecular weight excluding hydrogens is 292 g/mol. The maximum absolute atomic E-state index is 13.2. The van der Waals surface area contributed by atoms with Crippen molar-refractivity contribution in [2.75, 3.05) is 26.4 Å². The van der Waals surface area contributed by atoms with Crippen LogP contribution in [0.4, 0.5) is 8.78 Å². The molecule has 3 unspecified atom stereocenters. The van der Waals surface area contributed by atoms with Gasteiger partial charge in [-0.2, -0.15) is 0 Å². The van der Waals surface area contributed by atoms with Crippen LogP contribution in [0.25, 0.3) is 0 Å². The summed E-state index contributed by atoms with van der Waals surface area (Å²) >= 11 is 0. The predicted octanol–water partition coefficient (Wildman–Crippen LogP) is 2.17. The maximum Gasteiger partial charge on any atom is 0.159 e. The van der Waals surface area contributed by atoms with Crippen molar-refractivity contribution >= 4 is 0 Å². The third kappa shape index (κ3) is 5.28. The average molecular weight is 315 g/mol. The minimum Gasteiger partial charge on any atom is -0.389 e. The third-order valence-electron chi connectivity index (χ3n) is 3.74. The summed E-state index contributed by atoms with van der Waals surface area (Å²) in [6, 6.07) is 3.59. The molecule has 1 fully saturated rings. The molecule has 1 saturated heterocycles. The van der Waals surface area contributed by atoms with Crippen LogP contribution >= 0.6 is 0 Å². The largest absolute Gasteiger partial charge is 0.389 e. The summed E-state index contributed by atoms with van der Waals surface area (Å²) < 4.78 is 36.9. The van der Waals surface area contributed by atoms with E-state index < -0.39 is 17.7 Å². The van der Waals surface area contributed by atoms with Crippen molar-refractivity contribution in [3.05, 3.63) is 35.4 Å². The van der Waals surface area contributed by atoms with Gasteiger partial charge in [-0.1, -0.05) is 6.07 Å². The standard InChI is InChI=1S/C16H23F2NO3/c1-11(12-4-5-15(17)16(18)7-12)19-8-13(20)9-21-10-14-3-2-6-22-14/h4-5,7,11,13-14,19-20H,2-3,6,8-10H2,1H3. The zero-order chi connectivity index (χ0) is 15.9. The first-order chi connectivity index (χ1) is 10.6. The summed E-state index contributed by atoms with van der Waals surface area (Å²) in [5.41, 5.74) is 0.631. The molecule has 0 saturated carbocycles. The Morgan fingerprint density at radius 1 is 1.41 bits per heavy atom. The minimum atomic E-state index is -0.869. The number of ether oxygens (including phenoxy) is 2. The molecule has 0 aromatic heterocycles. The fraction of sp³-hybridized carbons (Fsp3) is 0.625. The second-order valence-corrected chi connectivity index (χ2v) is 5.63. The molecule has 0 aliphatic carbocycles. The molecule has 1 heterocycles. The summed E-state index contributed by atoms with van der Waals surface area (Å²) in [4.78, 5) is 0. The highest BCUT2D eigenvalue weighted by atomic mass is 19.2. The highest BCUT2D eigenvalue weighted by Crippen LogP contribution is 2.16. The van der Waals surface area contributed by atoms with Gasteiger partial charge in [0.05, 0.1) is 25.4 Å². The zero-order valence-electron chi connectivity index (χ0n) is 12.7. The molecule has 0 spiro atoms. The van der Waals surface area contributed by atoms with Gasteiger partial charge in [0.1, 0.15) is 0 Å². The fourth-order valence-corrected chi connectivity index (χ4v) is 2.38. The van der Waals surface area contributed by atoms with Crippen molar-refractivity contribution in [2.45, 2.75) is 38.0 Å². The number of nitrogens with one attached hydrogen (secondary N) is 1. The molecule has 1 aromatic rings. The van der Waals surface area contributed by atoms with Gasteiger partial charge in [-0.3, -0.25) is 0 Å². The van der Waals surface area contributed by atoms with Crippen LogP contribution in [0.5, 0.6) is 0 Å². The summed E-state index contributed by atoms with van der Waals surface area (Å²) in [5, 5.41) is 12.9. The molecule has 124 valence electrons. The predicted molar refractivity (Wildman–Crippen MR) is 78.6 cm³/mol. The Kier molecular flexibility index (Phi) is 6.70. The van der Waals surface area contributed by atoms with Crippen molar-refractivity contribution in [2.24, 2.45) is 0 Å². The molecule has 4 nitrogen and oxygen atoms in total. The molecule has 2 rings (SSSR count). The molecule has 1 aliphatic rings. The molecule has 0 radical (unpaired) electrons. The fourth-order valence-electron chi connectivity index (χ4n) is 2.38.